The van der Waals surface area contributed by atoms with Crippen LogP contribution in [0.3, 0.4) is 0 Å². The highest BCUT2D eigenvalue weighted by molar-refractivity contribution is 7.22. The Balaban J connectivity index is 1.47. The first kappa shape index (κ1) is 17.8. The van der Waals surface area contributed by atoms with Crippen LogP contribution in [0.4, 0.5) is 10.9 Å². The molecule has 1 fully saturated rings. The standard InChI is InChI=1S/C18H19N5O3S/c1-25-17(24)14-4-5-16(22-21-14)20-18-19-13-3-2-12(10-15(13)27-18)11-23-6-8-26-9-7-23/h2-5,10H,6-9,11H2,1H3,(H,19,20,22). The third-order valence-electron chi connectivity index (χ3n) is 4.26. The quantitative estimate of drug-likeness (QED) is 0.670. The Morgan fingerprint density at radius 2 is 2.11 bits per heavy atom. The second-order valence-corrected chi connectivity index (χ2v) is 7.16. The fourth-order valence-electron chi connectivity index (χ4n) is 2.86. The number of fused-ring (bicyclic) bond motifs is 1. The van der Waals surface area contributed by atoms with Gasteiger partial charge in [0.1, 0.15) is 0 Å². The predicted octanol–water partition coefficient (Wildman–Crippen LogP) is 2.45. The Labute approximate surface area is 160 Å². The van der Waals surface area contributed by atoms with Gasteiger partial charge in [-0.3, -0.25) is 4.90 Å². The van der Waals surface area contributed by atoms with Crippen LogP contribution in [0.2, 0.25) is 0 Å². The largest absolute Gasteiger partial charge is 0.464 e. The first-order valence-corrected chi connectivity index (χ1v) is 9.41. The van der Waals surface area contributed by atoms with Crippen molar-refractivity contribution in [1.82, 2.24) is 20.1 Å². The number of rotatable bonds is 5. The fourth-order valence-corrected chi connectivity index (χ4v) is 3.80. The molecule has 0 saturated carbocycles. The second-order valence-electron chi connectivity index (χ2n) is 6.13. The van der Waals surface area contributed by atoms with E-state index in [9.17, 15) is 4.79 Å². The zero-order chi connectivity index (χ0) is 18.6. The molecule has 8 nitrogen and oxygen atoms in total. The van der Waals surface area contributed by atoms with Crippen LogP contribution in [0.1, 0.15) is 16.1 Å². The van der Waals surface area contributed by atoms with Gasteiger partial charge in [0, 0.05) is 19.6 Å². The molecule has 1 N–H and O–H groups in total. The number of thiazole rings is 1. The highest BCUT2D eigenvalue weighted by atomic mass is 32.1. The van der Waals surface area contributed by atoms with E-state index in [2.05, 4.69) is 42.3 Å². The average molecular weight is 385 g/mol. The first-order valence-electron chi connectivity index (χ1n) is 8.60. The van der Waals surface area contributed by atoms with Gasteiger partial charge in [0.15, 0.2) is 16.6 Å². The number of benzene rings is 1. The molecule has 0 atom stereocenters. The van der Waals surface area contributed by atoms with Crippen LogP contribution in [0.5, 0.6) is 0 Å². The van der Waals surface area contributed by atoms with Crippen LogP contribution in [-0.4, -0.2) is 59.5 Å². The molecule has 1 aromatic carbocycles. The third-order valence-corrected chi connectivity index (χ3v) is 5.19. The molecule has 0 amide bonds. The minimum atomic E-state index is -0.512. The summed E-state index contributed by atoms with van der Waals surface area (Å²) >= 11 is 1.56. The van der Waals surface area contributed by atoms with Gasteiger partial charge >= 0.3 is 5.97 Å². The predicted molar refractivity (Wildman–Crippen MR) is 102 cm³/mol. The lowest BCUT2D eigenvalue weighted by Crippen LogP contribution is -2.35. The molecule has 140 valence electrons. The Morgan fingerprint density at radius 1 is 1.26 bits per heavy atom. The number of carbonyl (C=O) groups excluding carboxylic acids is 1. The summed E-state index contributed by atoms with van der Waals surface area (Å²) in [6.07, 6.45) is 0. The van der Waals surface area contributed by atoms with Gasteiger partial charge in [0.25, 0.3) is 0 Å². The Kier molecular flexibility index (Phi) is 5.23. The molecule has 0 aliphatic carbocycles. The Morgan fingerprint density at radius 3 is 2.85 bits per heavy atom. The molecule has 3 aromatic rings. The van der Waals surface area contributed by atoms with Crippen molar-refractivity contribution in [2.45, 2.75) is 6.54 Å². The number of hydrogen-bond donors (Lipinski definition) is 1. The monoisotopic (exact) mass is 385 g/mol. The van der Waals surface area contributed by atoms with E-state index in [0.717, 1.165) is 48.2 Å². The second kappa shape index (κ2) is 7.95. The molecule has 0 radical (unpaired) electrons. The lowest BCUT2D eigenvalue weighted by atomic mass is 10.2. The molecular weight excluding hydrogens is 366 g/mol. The van der Waals surface area contributed by atoms with Crippen molar-refractivity contribution in [2.24, 2.45) is 0 Å². The fraction of sp³-hybridized carbons (Fsp3) is 0.333. The number of morpholine rings is 1. The summed E-state index contributed by atoms with van der Waals surface area (Å²) < 4.78 is 11.1. The molecule has 3 heterocycles. The molecule has 27 heavy (non-hydrogen) atoms. The van der Waals surface area contributed by atoms with E-state index >= 15 is 0 Å². The van der Waals surface area contributed by atoms with E-state index < -0.39 is 5.97 Å². The summed E-state index contributed by atoms with van der Waals surface area (Å²) in [5.74, 6) is 0.0112. The molecule has 1 aliphatic rings. The van der Waals surface area contributed by atoms with E-state index in [1.165, 1.54) is 12.7 Å². The maximum atomic E-state index is 11.4. The number of esters is 1. The van der Waals surface area contributed by atoms with E-state index in [4.69, 9.17) is 4.74 Å². The molecule has 0 unspecified atom stereocenters. The Bertz CT molecular complexity index is 938. The normalized spacial score (nSPS) is 15.0. The molecule has 9 heteroatoms. The van der Waals surface area contributed by atoms with Gasteiger partial charge in [-0.15, -0.1) is 10.2 Å². The number of ether oxygens (including phenoxy) is 2. The van der Waals surface area contributed by atoms with Crippen molar-refractivity contribution in [3.05, 3.63) is 41.6 Å². The van der Waals surface area contributed by atoms with Gasteiger partial charge in [0.2, 0.25) is 0 Å². The van der Waals surface area contributed by atoms with Crippen molar-refractivity contribution >= 4 is 38.5 Å². The van der Waals surface area contributed by atoms with Crippen molar-refractivity contribution in [2.75, 3.05) is 38.7 Å². The number of nitrogens with zero attached hydrogens (tertiary/aromatic N) is 4. The van der Waals surface area contributed by atoms with Gasteiger partial charge in [-0.25, -0.2) is 9.78 Å². The maximum Gasteiger partial charge on any atom is 0.358 e. The van der Waals surface area contributed by atoms with Crippen molar-refractivity contribution in [3.63, 3.8) is 0 Å². The number of aromatic nitrogens is 3. The molecule has 0 bridgehead atoms. The molecule has 1 saturated heterocycles. The number of nitrogens with one attached hydrogen (secondary N) is 1. The average Bonchev–Trinajstić information content (AvgIpc) is 3.10. The van der Waals surface area contributed by atoms with E-state index in [0.29, 0.717) is 5.82 Å². The third kappa shape index (κ3) is 4.21. The van der Waals surface area contributed by atoms with Crippen molar-refractivity contribution < 1.29 is 14.3 Å². The van der Waals surface area contributed by atoms with Crippen LogP contribution in [0.25, 0.3) is 10.2 Å². The van der Waals surface area contributed by atoms with Crippen LogP contribution in [0.15, 0.2) is 30.3 Å². The molecule has 2 aromatic heterocycles. The lowest BCUT2D eigenvalue weighted by Gasteiger charge is -2.26. The summed E-state index contributed by atoms with van der Waals surface area (Å²) in [7, 11) is 1.31. The summed E-state index contributed by atoms with van der Waals surface area (Å²) in [5, 5.41) is 11.7. The minimum Gasteiger partial charge on any atom is -0.464 e. The summed E-state index contributed by atoms with van der Waals surface area (Å²) in [5.41, 5.74) is 2.37. The van der Waals surface area contributed by atoms with E-state index in [1.807, 2.05) is 6.07 Å². The summed E-state index contributed by atoms with van der Waals surface area (Å²) in [6, 6.07) is 9.58. The topological polar surface area (TPSA) is 89.5 Å². The molecule has 0 spiro atoms. The van der Waals surface area contributed by atoms with Gasteiger partial charge in [-0.1, -0.05) is 17.4 Å². The van der Waals surface area contributed by atoms with Gasteiger partial charge in [0.05, 0.1) is 30.5 Å². The first-order chi connectivity index (χ1) is 13.2. The van der Waals surface area contributed by atoms with Gasteiger partial charge in [-0.2, -0.15) is 0 Å². The highest BCUT2D eigenvalue weighted by Crippen LogP contribution is 2.29. The molecule has 4 rings (SSSR count). The zero-order valence-electron chi connectivity index (χ0n) is 14.8. The molecular formula is C18H19N5O3S. The number of methoxy groups -OCH3 is 1. The van der Waals surface area contributed by atoms with Crippen LogP contribution >= 0.6 is 11.3 Å². The SMILES string of the molecule is COC(=O)c1ccc(Nc2nc3ccc(CN4CCOCC4)cc3s2)nn1. The zero-order valence-corrected chi connectivity index (χ0v) is 15.7. The van der Waals surface area contributed by atoms with E-state index in [1.54, 1.807) is 23.5 Å². The van der Waals surface area contributed by atoms with Crippen LogP contribution < -0.4 is 5.32 Å². The van der Waals surface area contributed by atoms with Crippen LogP contribution in [0, 0.1) is 0 Å². The van der Waals surface area contributed by atoms with Crippen LogP contribution in [-0.2, 0) is 16.0 Å². The lowest BCUT2D eigenvalue weighted by molar-refractivity contribution is 0.0342. The van der Waals surface area contributed by atoms with Crippen molar-refractivity contribution in [1.29, 1.82) is 0 Å². The van der Waals surface area contributed by atoms with E-state index in [-0.39, 0.29) is 5.69 Å². The number of carbonyl (C=O) groups is 1. The Hall–Kier alpha value is -2.62. The van der Waals surface area contributed by atoms with Crippen molar-refractivity contribution in [3.8, 4) is 0 Å². The molecule has 1 aliphatic heterocycles. The smallest absolute Gasteiger partial charge is 0.358 e. The van der Waals surface area contributed by atoms with Gasteiger partial charge in [-0.05, 0) is 29.8 Å². The minimum absolute atomic E-state index is 0.167. The summed E-state index contributed by atoms with van der Waals surface area (Å²) in [4.78, 5) is 18.4. The number of anilines is 2. The maximum absolute atomic E-state index is 11.4. The number of hydrogen-bond acceptors (Lipinski definition) is 9. The highest BCUT2D eigenvalue weighted by Gasteiger charge is 2.12. The summed E-state index contributed by atoms with van der Waals surface area (Å²) in [6.45, 7) is 4.45. The van der Waals surface area contributed by atoms with Gasteiger partial charge < -0.3 is 14.8 Å².